The zero-order valence-electron chi connectivity index (χ0n) is 26.7. The van der Waals surface area contributed by atoms with Crippen LogP contribution in [0, 0.1) is 0 Å². The molecule has 0 aliphatic carbocycles. The molecular formula is C40H31N3O5S. The number of benzene rings is 5. The summed E-state index contributed by atoms with van der Waals surface area (Å²) in [5.74, 6) is 0.825. The predicted molar refractivity (Wildman–Crippen MR) is 196 cm³/mol. The summed E-state index contributed by atoms with van der Waals surface area (Å²) in [6.07, 6.45) is 4.98. The molecule has 1 aromatic heterocycles. The van der Waals surface area contributed by atoms with Gasteiger partial charge in [-0.1, -0.05) is 60.7 Å². The van der Waals surface area contributed by atoms with Crippen LogP contribution in [0.1, 0.15) is 21.5 Å². The maximum Gasteiger partial charge on any atom is 0.266 e. The molecule has 0 spiro atoms. The molecule has 0 fully saturated rings. The molecule has 0 saturated carbocycles. The van der Waals surface area contributed by atoms with E-state index in [0.29, 0.717) is 43.7 Å². The summed E-state index contributed by atoms with van der Waals surface area (Å²) in [5, 5.41) is 3.74. The van der Waals surface area contributed by atoms with Gasteiger partial charge < -0.3 is 14.8 Å². The summed E-state index contributed by atoms with van der Waals surface area (Å²) >= 11 is 1.08. The fourth-order valence-corrected chi connectivity index (χ4v) is 5.93. The summed E-state index contributed by atoms with van der Waals surface area (Å²) in [5.41, 5.74) is 3.48. The lowest BCUT2D eigenvalue weighted by Gasteiger charge is -2.15. The summed E-state index contributed by atoms with van der Waals surface area (Å²) in [6.45, 7) is 0. The van der Waals surface area contributed by atoms with Gasteiger partial charge in [-0.2, -0.15) is 0 Å². The number of methoxy groups -OCH3 is 2. The third kappa shape index (κ3) is 7.86. The fraction of sp³-hybridized carbons (Fsp3) is 0.0500. The van der Waals surface area contributed by atoms with Gasteiger partial charge in [0.15, 0.2) is 10.9 Å². The molecule has 49 heavy (non-hydrogen) atoms. The van der Waals surface area contributed by atoms with Gasteiger partial charge in [0, 0.05) is 11.3 Å². The highest BCUT2D eigenvalue weighted by Gasteiger charge is 2.19. The van der Waals surface area contributed by atoms with Crippen molar-refractivity contribution in [1.82, 2.24) is 9.55 Å². The Balaban J connectivity index is 1.30. The molecule has 1 heterocycles. The van der Waals surface area contributed by atoms with Gasteiger partial charge in [0.25, 0.3) is 11.5 Å². The number of ether oxygens (including phenoxy) is 2. The number of hydrogen-bond acceptors (Lipinski definition) is 7. The molecule has 6 rings (SSSR count). The minimum Gasteiger partial charge on any atom is -0.497 e. The Labute approximate surface area is 287 Å². The average molecular weight is 666 g/mol. The van der Waals surface area contributed by atoms with Crippen LogP contribution in [-0.2, 0) is 4.79 Å². The van der Waals surface area contributed by atoms with Crippen molar-refractivity contribution in [3.8, 4) is 17.2 Å². The van der Waals surface area contributed by atoms with Gasteiger partial charge in [-0.05, 0) is 108 Å². The van der Waals surface area contributed by atoms with Crippen molar-refractivity contribution in [3.63, 3.8) is 0 Å². The Morgan fingerprint density at radius 2 is 1.35 bits per heavy atom. The van der Waals surface area contributed by atoms with E-state index in [2.05, 4.69) is 5.32 Å². The second-order valence-corrected chi connectivity index (χ2v) is 11.8. The van der Waals surface area contributed by atoms with E-state index in [4.69, 9.17) is 14.5 Å². The van der Waals surface area contributed by atoms with Gasteiger partial charge in [-0.25, -0.2) is 4.98 Å². The smallest absolute Gasteiger partial charge is 0.266 e. The van der Waals surface area contributed by atoms with Gasteiger partial charge in [0.05, 0.1) is 35.7 Å². The fourth-order valence-electron chi connectivity index (χ4n) is 4.97. The average Bonchev–Trinajstić information content (AvgIpc) is 3.15. The van der Waals surface area contributed by atoms with Gasteiger partial charge >= 0.3 is 0 Å². The standard InChI is InChI=1S/C40H31N3O5S/c1-47-32-21-12-27(13-22-32)16-25-36(44)29-17-19-30(20-18-29)41-38(45)37(26-28-14-23-33(48-2)24-15-28)49-40-42-35-11-7-6-10-34(35)39(46)43(40)31-8-4-3-5-9-31/h3-26H,1-2H3,(H,41,45)/b25-16+,37-26+. The Morgan fingerprint density at radius 1 is 0.735 bits per heavy atom. The lowest BCUT2D eigenvalue weighted by Crippen LogP contribution is -2.22. The van der Waals surface area contributed by atoms with Crippen molar-refractivity contribution in [3.05, 3.63) is 165 Å². The van der Waals surface area contributed by atoms with E-state index < -0.39 is 5.91 Å². The van der Waals surface area contributed by atoms with Crippen molar-refractivity contribution >= 4 is 52.2 Å². The van der Waals surface area contributed by atoms with Gasteiger partial charge in [-0.15, -0.1) is 0 Å². The van der Waals surface area contributed by atoms with E-state index in [0.717, 1.165) is 28.6 Å². The van der Waals surface area contributed by atoms with Crippen LogP contribution in [0.3, 0.4) is 0 Å². The second kappa shape index (κ2) is 15.1. The number of carbonyl (C=O) groups is 2. The van der Waals surface area contributed by atoms with Gasteiger partial charge in [-0.3, -0.25) is 19.0 Å². The van der Waals surface area contributed by atoms with Crippen molar-refractivity contribution in [2.24, 2.45) is 0 Å². The number of anilines is 1. The molecule has 242 valence electrons. The van der Waals surface area contributed by atoms with Crippen LogP contribution in [-0.4, -0.2) is 35.5 Å². The Kier molecular flexibility index (Phi) is 10.1. The van der Waals surface area contributed by atoms with Crippen LogP contribution >= 0.6 is 11.8 Å². The van der Waals surface area contributed by atoms with Crippen molar-refractivity contribution < 1.29 is 19.1 Å². The van der Waals surface area contributed by atoms with Gasteiger partial charge in [0.2, 0.25) is 0 Å². The number of carbonyl (C=O) groups excluding carboxylic acids is 2. The number of para-hydroxylation sites is 2. The molecule has 0 bridgehead atoms. The molecule has 0 radical (unpaired) electrons. The number of thioether (sulfide) groups is 1. The van der Waals surface area contributed by atoms with Crippen molar-refractivity contribution in [2.45, 2.75) is 5.16 Å². The van der Waals surface area contributed by atoms with E-state index in [1.165, 1.54) is 10.6 Å². The van der Waals surface area contributed by atoms with Gasteiger partial charge in [0.1, 0.15) is 11.5 Å². The van der Waals surface area contributed by atoms with E-state index in [-0.39, 0.29) is 11.3 Å². The quantitative estimate of drug-likeness (QED) is 0.0647. The van der Waals surface area contributed by atoms with E-state index in [1.54, 1.807) is 81.0 Å². The highest BCUT2D eigenvalue weighted by molar-refractivity contribution is 8.04. The Bertz CT molecular complexity index is 2230. The monoisotopic (exact) mass is 665 g/mol. The summed E-state index contributed by atoms with van der Waals surface area (Å²) < 4.78 is 12.0. The molecule has 1 N–H and O–H groups in total. The molecule has 0 atom stereocenters. The first-order chi connectivity index (χ1) is 23.9. The Hall–Kier alpha value is -6.19. The SMILES string of the molecule is COc1ccc(/C=C/C(=O)c2ccc(NC(=O)/C(=C\c3ccc(OC)cc3)Sc3nc4ccccc4c(=O)n3-c3ccccc3)cc2)cc1. The summed E-state index contributed by atoms with van der Waals surface area (Å²) in [4.78, 5) is 45.7. The molecule has 0 unspecified atom stereocenters. The number of fused-ring (bicyclic) bond motifs is 1. The van der Waals surface area contributed by atoms with Crippen molar-refractivity contribution in [1.29, 1.82) is 0 Å². The van der Waals surface area contributed by atoms with E-state index in [9.17, 15) is 14.4 Å². The number of ketones is 1. The summed E-state index contributed by atoms with van der Waals surface area (Å²) in [7, 11) is 3.19. The number of aromatic nitrogens is 2. The van der Waals surface area contributed by atoms with Crippen LogP contribution in [0.2, 0.25) is 0 Å². The molecule has 6 aromatic rings. The first kappa shape index (κ1) is 32.7. The molecule has 8 nitrogen and oxygen atoms in total. The second-order valence-electron chi connectivity index (χ2n) is 10.8. The van der Waals surface area contributed by atoms with Crippen LogP contribution in [0.15, 0.2) is 148 Å². The third-order valence-electron chi connectivity index (χ3n) is 7.57. The normalized spacial score (nSPS) is 11.4. The highest BCUT2D eigenvalue weighted by Crippen LogP contribution is 2.31. The molecular weight excluding hydrogens is 635 g/mol. The molecule has 0 aliphatic heterocycles. The predicted octanol–water partition coefficient (Wildman–Crippen LogP) is 8.07. The Morgan fingerprint density at radius 3 is 2.00 bits per heavy atom. The number of amides is 1. The van der Waals surface area contributed by atoms with Crippen molar-refractivity contribution in [2.75, 3.05) is 19.5 Å². The van der Waals surface area contributed by atoms with Crippen LogP contribution in [0.4, 0.5) is 5.69 Å². The molecule has 0 saturated heterocycles. The zero-order valence-corrected chi connectivity index (χ0v) is 27.5. The minimum absolute atomic E-state index is 0.175. The van der Waals surface area contributed by atoms with E-state index in [1.807, 2.05) is 72.8 Å². The maximum atomic E-state index is 13.9. The van der Waals surface area contributed by atoms with E-state index >= 15 is 0 Å². The number of hydrogen-bond donors (Lipinski definition) is 1. The third-order valence-corrected chi connectivity index (χ3v) is 8.55. The van der Waals surface area contributed by atoms with Crippen LogP contribution in [0.25, 0.3) is 28.7 Å². The number of allylic oxidation sites excluding steroid dienone is 1. The number of nitrogens with one attached hydrogen (secondary N) is 1. The first-order valence-corrected chi connectivity index (χ1v) is 16.1. The zero-order chi connectivity index (χ0) is 34.2. The minimum atomic E-state index is -0.415. The van der Waals surface area contributed by atoms with Crippen LogP contribution < -0.4 is 20.3 Å². The number of nitrogens with zero attached hydrogens (tertiary/aromatic N) is 2. The topological polar surface area (TPSA) is 99.5 Å². The van der Waals surface area contributed by atoms with Crippen LogP contribution in [0.5, 0.6) is 11.5 Å². The maximum absolute atomic E-state index is 13.9. The lowest BCUT2D eigenvalue weighted by atomic mass is 10.1. The first-order valence-electron chi connectivity index (χ1n) is 15.3. The highest BCUT2D eigenvalue weighted by atomic mass is 32.2. The lowest BCUT2D eigenvalue weighted by molar-refractivity contribution is -0.112. The molecule has 5 aromatic carbocycles. The largest absolute Gasteiger partial charge is 0.497 e. The number of rotatable bonds is 11. The molecule has 1 amide bonds. The molecule has 0 aliphatic rings. The summed E-state index contributed by atoms with van der Waals surface area (Å²) in [6, 6.07) is 37.7. The molecule has 9 heteroatoms.